The van der Waals surface area contributed by atoms with Gasteiger partial charge in [0.05, 0.1) is 6.61 Å². The first kappa shape index (κ1) is 15.6. The van der Waals surface area contributed by atoms with Crippen LogP contribution in [0.5, 0.6) is 0 Å². The van der Waals surface area contributed by atoms with Crippen molar-refractivity contribution >= 4 is 28.6 Å². The number of amides is 1. The van der Waals surface area contributed by atoms with Crippen LogP contribution in [0.25, 0.3) is 11.0 Å². The Morgan fingerprint density at radius 3 is 2.81 bits per heavy atom. The molecule has 0 bridgehead atoms. The van der Waals surface area contributed by atoms with Crippen LogP contribution in [0.2, 0.25) is 0 Å². The Morgan fingerprint density at radius 2 is 2.14 bits per heavy atom. The Labute approximate surface area is 126 Å². The minimum atomic E-state index is -0.664. The monoisotopic (exact) mass is 307 g/mol. The highest BCUT2D eigenvalue weighted by Crippen LogP contribution is 2.14. The predicted octanol–water partition coefficient (Wildman–Crippen LogP) is 1.64. The van der Waals surface area contributed by atoms with E-state index in [2.05, 4.69) is 5.32 Å². The molecule has 0 radical (unpaired) electrons. The Hall–Kier alpha value is -1.79. The molecule has 0 aliphatic carbocycles. The van der Waals surface area contributed by atoms with Crippen LogP contribution in [-0.2, 0) is 0 Å². The molecule has 1 aromatic heterocycles. The number of benzene rings is 1. The summed E-state index contributed by atoms with van der Waals surface area (Å²) in [4.78, 5) is 24.1. The van der Waals surface area contributed by atoms with Crippen LogP contribution < -0.4 is 10.9 Å². The fraction of sp³-hybridized carbons (Fsp3) is 0.333. The zero-order valence-corrected chi connectivity index (χ0v) is 12.6. The number of hydrogen-bond acceptors (Lipinski definition) is 5. The summed E-state index contributed by atoms with van der Waals surface area (Å²) in [6.45, 7) is 1.74. The summed E-state index contributed by atoms with van der Waals surface area (Å²) >= 11 is 1.46. The number of rotatable bonds is 5. The number of para-hydroxylation sites is 1. The topological polar surface area (TPSA) is 79.5 Å². The zero-order chi connectivity index (χ0) is 15.4. The van der Waals surface area contributed by atoms with Crippen molar-refractivity contribution in [2.75, 3.05) is 12.9 Å². The number of carbonyl (C=O) groups excluding carboxylic acids is 1. The molecule has 0 saturated heterocycles. The maximum absolute atomic E-state index is 12.2. The molecule has 2 rings (SSSR count). The molecule has 6 heteroatoms. The molecule has 1 amide bonds. The largest absolute Gasteiger partial charge is 0.422 e. The lowest BCUT2D eigenvalue weighted by atomic mass is 10.1. The van der Waals surface area contributed by atoms with Gasteiger partial charge in [-0.2, -0.15) is 11.8 Å². The summed E-state index contributed by atoms with van der Waals surface area (Å²) < 4.78 is 5.14. The summed E-state index contributed by atoms with van der Waals surface area (Å²) in [5.74, 6) is -0.491. The van der Waals surface area contributed by atoms with Crippen molar-refractivity contribution in [1.29, 1.82) is 0 Å². The molecule has 0 aliphatic heterocycles. The predicted molar refractivity (Wildman–Crippen MR) is 83.8 cm³/mol. The van der Waals surface area contributed by atoms with E-state index in [0.29, 0.717) is 11.0 Å². The molecule has 1 heterocycles. The Morgan fingerprint density at radius 1 is 1.43 bits per heavy atom. The number of aliphatic hydroxyl groups is 1. The van der Waals surface area contributed by atoms with E-state index in [1.807, 2.05) is 12.3 Å². The van der Waals surface area contributed by atoms with Gasteiger partial charge in [-0.3, -0.25) is 4.79 Å². The van der Waals surface area contributed by atoms with Gasteiger partial charge in [-0.1, -0.05) is 18.2 Å². The highest BCUT2D eigenvalue weighted by molar-refractivity contribution is 7.99. The van der Waals surface area contributed by atoms with Gasteiger partial charge >= 0.3 is 5.63 Å². The number of thioether (sulfide) groups is 1. The number of aliphatic hydroxyl groups excluding tert-OH is 1. The van der Waals surface area contributed by atoms with Crippen molar-refractivity contribution in [3.05, 3.63) is 46.3 Å². The molecule has 1 aromatic carbocycles. The lowest BCUT2D eigenvalue weighted by molar-refractivity contribution is 0.0932. The Bertz CT molecular complexity index is 693. The van der Waals surface area contributed by atoms with Gasteiger partial charge in [-0.15, -0.1) is 0 Å². The van der Waals surface area contributed by atoms with Crippen molar-refractivity contribution in [2.24, 2.45) is 0 Å². The van der Waals surface area contributed by atoms with Crippen molar-refractivity contribution in [3.63, 3.8) is 0 Å². The lowest BCUT2D eigenvalue weighted by Gasteiger charge is -2.21. The molecule has 21 heavy (non-hydrogen) atoms. The zero-order valence-electron chi connectivity index (χ0n) is 11.8. The molecule has 0 fully saturated rings. The van der Waals surface area contributed by atoms with Crippen molar-refractivity contribution in [2.45, 2.75) is 18.2 Å². The fourth-order valence-corrected chi connectivity index (χ4v) is 2.66. The van der Waals surface area contributed by atoms with Crippen molar-refractivity contribution in [3.8, 4) is 0 Å². The molecule has 2 aromatic rings. The van der Waals surface area contributed by atoms with E-state index in [4.69, 9.17) is 4.42 Å². The van der Waals surface area contributed by atoms with E-state index in [1.165, 1.54) is 17.8 Å². The third kappa shape index (κ3) is 3.46. The van der Waals surface area contributed by atoms with E-state index >= 15 is 0 Å². The Balaban J connectivity index is 2.27. The number of hydrogen-bond donors (Lipinski definition) is 2. The van der Waals surface area contributed by atoms with Gasteiger partial charge < -0.3 is 14.8 Å². The van der Waals surface area contributed by atoms with Crippen LogP contribution in [0.3, 0.4) is 0 Å². The average molecular weight is 307 g/mol. The minimum Gasteiger partial charge on any atom is -0.422 e. The van der Waals surface area contributed by atoms with Gasteiger partial charge in [0.25, 0.3) is 5.91 Å². The van der Waals surface area contributed by atoms with Crippen LogP contribution >= 0.6 is 11.8 Å². The van der Waals surface area contributed by atoms with Crippen LogP contribution in [-0.4, -0.2) is 35.2 Å². The molecule has 0 spiro atoms. The maximum atomic E-state index is 12.2. The third-order valence-electron chi connectivity index (χ3n) is 3.29. The maximum Gasteiger partial charge on any atom is 0.349 e. The molecule has 2 unspecified atom stereocenters. The molecule has 5 nitrogen and oxygen atoms in total. The summed E-state index contributed by atoms with van der Waals surface area (Å²) in [7, 11) is 0. The van der Waals surface area contributed by atoms with E-state index in [0.717, 1.165) is 0 Å². The normalized spacial score (nSPS) is 13.9. The molecular formula is C15H17NO4S. The SMILES string of the molecule is CSC(CO)C(C)NC(=O)c1cc2ccccc2oc1=O. The Kier molecular flexibility index (Phi) is 5.03. The van der Waals surface area contributed by atoms with Crippen LogP contribution in [0.15, 0.2) is 39.5 Å². The van der Waals surface area contributed by atoms with Gasteiger partial charge in [0.1, 0.15) is 11.1 Å². The molecule has 0 aliphatic rings. The number of fused-ring (bicyclic) bond motifs is 1. The van der Waals surface area contributed by atoms with Gasteiger partial charge in [0.2, 0.25) is 0 Å². The molecular weight excluding hydrogens is 290 g/mol. The summed E-state index contributed by atoms with van der Waals surface area (Å²) in [5.41, 5.74) is -0.245. The second kappa shape index (κ2) is 6.78. The first-order valence-corrected chi connectivity index (χ1v) is 7.83. The van der Waals surface area contributed by atoms with Crippen LogP contribution in [0.4, 0.5) is 0 Å². The summed E-state index contributed by atoms with van der Waals surface area (Å²) in [6.07, 6.45) is 1.86. The molecule has 0 saturated carbocycles. The quantitative estimate of drug-likeness (QED) is 0.821. The van der Waals surface area contributed by atoms with E-state index in [1.54, 1.807) is 25.1 Å². The number of carbonyl (C=O) groups is 1. The molecule has 2 atom stereocenters. The smallest absolute Gasteiger partial charge is 0.349 e. The van der Waals surface area contributed by atoms with Gasteiger partial charge in [-0.05, 0) is 25.3 Å². The minimum absolute atomic E-state index is 0.0293. The standard InChI is InChI=1S/C15H17NO4S/c1-9(13(8-17)21-2)16-14(18)11-7-10-5-3-4-6-12(10)20-15(11)19/h3-7,9,13,17H,8H2,1-2H3,(H,16,18). The van der Waals surface area contributed by atoms with Crippen LogP contribution in [0.1, 0.15) is 17.3 Å². The van der Waals surface area contributed by atoms with Crippen LogP contribution in [0, 0.1) is 0 Å². The second-order valence-corrected chi connectivity index (χ2v) is 5.78. The highest BCUT2D eigenvalue weighted by Gasteiger charge is 2.20. The lowest BCUT2D eigenvalue weighted by Crippen LogP contribution is -2.42. The average Bonchev–Trinajstić information content (AvgIpc) is 2.47. The van der Waals surface area contributed by atoms with Crippen molar-refractivity contribution < 1.29 is 14.3 Å². The first-order chi connectivity index (χ1) is 10.1. The highest BCUT2D eigenvalue weighted by atomic mass is 32.2. The summed E-state index contributed by atoms with van der Waals surface area (Å²) in [5, 5.41) is 12.5. The first-order valence-electron chi connectivity index (χ1n) is 6.54. The third-order valence-corrected chi connectivity index (χ3v) is 4.45. The summed E-state index contributed by atoms with van der Waals surface area (Å²) in [6, 6.07) is 8.28. The van der Waals surface area contributed by atoms with Gasteiger partial charge in [0, 0.05) is 16.7 Å². The van der Waals surface area contributed by atoms with Gasteiger partial charge in [0.15, 0.2) is 0 Å². The molecule has 2 N–H and O–H groups in total. The fourth-order valence-electron chi connectivity index (χ4n) is 2.03. The molecule has 112 valence electrons. The van der Waals surface area contributed by atoms with E-state index in [-0.39, 0.29) is 23.5 Å². The second-order valence-electron chi connectivity index (χ2n) is 4.70. The number of nitrogens with one attached hydrogen (secondary N) is 1. The van der Waals surface area contributed by atoms with E-state index < -0.39 is 11.5 Å². The van der Waals surface area contributed by atoms with Gasteiger partial charge in [-0.25, -0.2) is 4.79 Å². The van der Waals surface area contributed by atoms with Crippen molar-refractivity contribution in [1.82, 2.24) is 5.32 Å². The van der Waals surface area contributed by atoms with E-state index in [9.17, 15) is 14.7 Å².